The molecule has 3 atom stereocenters. The van der Waals surface area contributed by atoms with E-state index in [1.54, 1.807) is 6.07 Å². The zero-order chi connectivity index (χ0) is 22.8. The maximum absolute atomic E-state index is 10.1. The van der Waals surface area contributed by atoms with Gasteiger partial charge in [0.1, 0.15) is 7.11 Å². The molecule has 1 aliphatic heterocycles. The van der Waals surface area contributed by atoms with Crippen LogP contribution < -0.4 is 0 Å². The highest BCUT2D eigenvalue weighted by molar-refractivity contribution is 5.98. The first-order valence-electron chi connectivity index (χ1n) is 10.1. The van der Waals surface area contributed by atoms with Crippen LogP contribution in [-0.4, -0.2) is 54.1 Å². The van der Waals surface area contributed by atoms with E-state index in [0.29, 0.717) is 24.8 Å². The zero-order valence-electron chi connectivity index (χ0n) is 18.2. The van der Waals surface area contributed by atoms with E-state index in [-0.39, 0.29) is 18.8 Å². The molecule has 7 heteroatoms. The van der Waals surface area contributed by atoms with Crippen molar-refractivity contribution in [1.82, 2.24) is 0 Å². The van der Waals surface area contributed by atoms with Crippen molar-refractivity contribution in [3.8, 4) is 6.07 Å². The number of aliphatic hydroxyl groups is 3. The second kappa shape index (κ2) is 12.2. The van der Waals surface area contributed by atoms with E-state index in [0.717, 1.165) is 35.1 Å². The number of aliphatic hydroxyl groups excluding tert-OH is 3. The molecule has 166 valence electrons. The van der Waals surface area contributed by atoms with Crippen molar-refractivity contribution in [3.63, 3.8) is 0 Å². The third-order valence-electron chi connectivity index (χ3n) is 5.20. The number of rotatable bonds is 6. The Kier molecular flexibility index (Phi) is 9.63. The smallest absolute Gasteiger partial charge is 0.106 e. The van der Waals surface area contributed by atoms with E-state index < -0.39 is 6.10 Å². The highest BCUT2D eigenvalue weighted by Crippen LogP contribution is 2.32. The van der Waals surface area contributed by atoms with Crippen molar-refractivity contribution >= 4 is 5.71 Å². The quantitative estimate of drug-likeness (QED) is 0.483. The van der Waals surface area contributed by atoms with Gasteiger partial charge in [-0.1, -0.05) is 41.6 Å². The van der Waals surface area contributed by atoms with Crippen molar-refractivity contribution in [3.05, 3.63) is 70.3 Å². The van der Waals surface area contributed by atoms with Gasteiger partial charge in [-0.25, -0.2) is 0 Å². The molecule has 0 aliphatic carbocycles. The molecule has 0 saturated carbocycles. The number of benzene rings is 2. The van der Waals surface area contributed by atoms with Crippen molar-refractivity contribution in [2.45, 2.75) is 44.5 Å². The summed E-state index contributed by atoms with van der Waals surface area (Å²) in [5.74, 6) is 0. The van der Waals surface area contributed by atoms with Crippen LogP contribution in [0.2, 0.25) is 0 Å². The Morgan fingerprint density at radius 1 is 1.19 bits per heavy atom. The minimum atomic E-state index is -0.505. The molecule has 0 aromatic heterocycles. The molecule has 0 amide bonds. The van der Waals surface area contributed by atoms with Gasteiger partial charge in [-0.2, -0.15) is 5.26 Å². The molecule has 0 bridgehead atoms. The number of nitrogens with zero attached hydrogens (tertiary/aromatic N) is 2. The molecule has 3 unspecified atom stereocenters. The molecule has 0 radical (unpaired) electrons. The lowest BCUT2D eigenvalue weighted by Crippen LogP contribution is -2.33. The minimum absolute atomic E-state index is 0.116. The first kappa shape index (κ1) is 24.5. The van der Waals surface area contributed by atoms with Gasteiger partial charge in [-0.3, -0.25) is 0 Å². The molecule has 1 aliphatic rings. The molecule has 1 saturated heterocycles. The predicted octanol–water partition coefficient (Wildman–Crippen LogP) is 2.70. The SMILES string of the molecule is CO.CO/N=C(\C)c1ccc(Cc2cc(C3CC(O)CC(CO)O3)ccc2C#N)cc1. The predicted molar refractivity (Wildman–Crippen MR) is 118 cm³/mol. The van der Waals surface area contributed by atoms with Gasteiger partial charge in [0.15, 0.2) is 0 Å². The lowest BCUT2D eigenvalue weighted by molar-refractivity contribution is -0.113. The fourth-order valence-corrected chi connectivity index (χ4v) is 3.67. The van der Waals surface area contributed by atoms with Gasteiger partial charge in [0.05, 0.1) is 42.3 Å². The summed E-state index contributed by atoms with van der Waals surface area (Å²) >= 11 is 0. The normalized spacial score (nSPS) is 20.9. The van der Waals surface area contributed by atoms with Crippen LogP contribution in [0.1, 0.15) is 53.7 Å². The van der Waals surface area contributed by atoms with E-state index in [9.17, 15) is 15.5 Å². The summed E-state index contributed by atoms with van der Waals surface area (Å²) in [7, 11) is 2.52. The molecule has 2 aromatic rings. The molecule has 2 aromatic carbocycles. The summed E-state index contributed by atoms with van der Waals surface area (Å²) < 4.78 is 5.92. The lowest BCUT2D eigenvalue weighted by atomic mass is 9.92. The standard InChI is InChI=1S/C23H26N2O4.CH4O/c1-15(25-28-2)17-5-3-16(4-6-17)9-20-10-18(7-8-19(20)13-24)23-12-21(27)11-22(14-26)29-23;1-2/h3-8,10,21-23,26-27H,9,11-12,14H2,1-2H3;2H,1H3/b25-15+;. The van der Waals surface area contributed by atoms with Gasteiger partial charge in [-0.15, -0.1) is 0 Å². The summed E-state index contributed by atoms with van der Waals surface area (Å²) in [5.41, 5.74) is 5.28. The maximum Gasteiger partial charge on any atom is 0.106 e. The fraction of sp³-hybridized carbons (Fsp3) is 0.417. The van der Waals surface area contributed by atoms with Crippen molar-refractivity contribution in [2.75, 3.05) is 20.8 Å². The molecule has 0 spiro atoms. The Morgan fingerprint density at radius 2 is 1.90 bits per heavy atom. The van der Waals surface area contributed by atoms with Crippen molar-refractivity contribution < 1.29 is 24.9 Å². The van der Waals surface area contributed by atoms with Crippen LogP contribution in [0.4, 0.5) is 0 Å². The Bertz CT molecular complexity index is 905. The Labute approximate surface area is 183 Å². The van der Waals surface area contributed by atoms with Crippen LogP contribution >= 0.6 is 0 Å². The second-order valence-electron chi connectivity index (χ2n) is 7.32. The number of hydrogen-bond donors (Lipinski definition) is 3. The van der Waals surface area contributed by atoms with Crippen molar-refractivity contribution in [2.24, 2.45) is 5.16 Å². The maximum atomic E-state index is 10.1. The van der Waals surface area contributed by atoms with E-state index in [1.165, 1.54) is 7.11 Å². The first-order chi connectivity index (χ1) is 15.0. The van der Waals surface area contributed by atoms with Crippen LogP contribution in [0.25, 0.3) is 0 Å². The van der Waals surface area contributed by atoms with E-state index >= 15 is 0 Å². The first-order valence-corrected chi connectivity index (χ1v) is 10.1. The van der Waals surface area contributed by atoms with E-state index in [1.807, 2.05) is 43.3 Å². The number of ether oxygens (including phenoxy) is 1. The topological polar surface area (TPSA) is 115 Å². The van der Waals surface area contributed by atoms with Gasteiger partial charge < -0.3 is 24.9 Å². The van der Waals surface area contributed by atoms with Gasteiger partial charge in [0.2, 0.25) is 0 Å². The summed E-state index contributed by atoms with van der Waals surface area (Å²) in [5, 5.41) is 40.0. The van der Waals surface area contributed by atoms with Gasteiger partial charge in [0.25, 0.3) is 0 Å². The third-order valence-corrected chi connectivity index (χ3v) is 5.20. The molecule has 3 N–H and O–H groups in total. The highest BCUT2D eigenvalue weighted by Gasteiger charge is 2.29. The second-order valence-corrected chi connectivity index (χ2v) is 7.32. The van der Waals surface area contributed by atoms with E-state index in [4.69, 9.17) is 14.7 Å². The van der Waals surface area contributed by atoms with Crippen LogP contribution in [0.5, 0.6) is 0 Å². The Balaban J connectivity index is 0.00000166. The lowest BCUT2D eigenvalue weighted by Gasteiger charge is -2.32. The zero-order valence-corrected chi connectivity index (χ0v) is 18.2. The summed E-state index contributed by atoms with van der Waals surface area (Å²) in [6.45, 7) is 1.77. The van der Waals surface area contributed by atoms with Gasteiger partial charge >= 0.3 is 0 Å². The fourth-order valence-electron chi connectivity index (χ4n) is 3.67. The van der Waals surface area contributed by atoms with Gasteiger partial charge in [0, 0.05) is 20.0 Å². The summed E-state index contributed by atoms with van der Waals surface area (Å²) in [6.07, 6.45) is 0.360. The van der Waals surface area contributed by atoms with Crippen LogP contribution in [0, 0.1) is 11.3 Å². The van der Waals surface area contributed by atoms with Crippen LogP contribution in [0.15, 0.2) is 47.6 Å². The van der Waals surface area contributed by atoms with Crippen LogP contribution in [0.3, 0.4) is 0 Å². The Morgan fingerprint density at radius 3 is 2.52 bits per heavy atom. The highest BCUT2D eigenvalue weighted by atomic mass is 16.6. The summed E-state index contributed by atoms with van der Waals surface area (Å²) in [4.78, 5) is 4.81. The average molecular weight is 427 g/mol. The molecule has 31 heavy (non-hydrogen) atoms. The number of oxime groups is 1. The van der Waals surface area contributed by atoms with E-state index in [2.05, 4.69) is 11.2 Å². The van der Waals surface area contributed by atoms with Crippen molar-refractivity contribution in [1.29, 1.82) is 5.26 Å². The molecule has 3 rings (SSSR count). The molecule has 7 nitrogen and oxygen atoms in total. The Hall–Kier alpha value is -2.76. The third kappa shape index (κ3) is 6.61. The minimum Gasteiger partial charge on any atom is -0.400 e. The molecule has 1 heterocycles. The molecule has 1 fully saturated rings. The number of hydrogen-bond acceptors (Lipinski definition) is 7. The molecular weight excluding hydrogens is 396 g/mol. The molecular formula is C24H30N2O5. The largest absolute Gasteiger partial charge is 0.400 e. The van der Waals surface area contributed by atoms with Gasteiger partial charge in [-0.05, 0) is 41.7 Å². The summed E-state index contributed by atoms with van der Waals surface area (Å²) in [6, 6.07) is 15.9. The van der Waals surface area contributed by atoms with Crippen LogP contribution in [-0.2, 0) is 16.0 Å². The number of nitriles is 1. The monoisotopic (exact) mass is 426 g/mol. The average Bonchev–Trinajstić information content (AvgIpc) is 2.80.